The third-order valence-electron chi connectivity index (χ3n) is 4.02. The average Bonchev–Trinajstić information content (AvgIpc) is 2.62. The van der Waals surface area contributed by atoms with E-state index in [1.54, 1.807) is 12.1 Å². The molecule has 0 saturated carbocycles. The van der Waals surface area contributed by atoms with Crippen molar-refractivity contribution in [2.75, 3.05) is 4.72 Å². The van der Waals surface area contributed by atoms with E-state index in [2.05, 4.69) is 4.72 Å². The molecule has 1 N–H and O–H groups in total. The number of hydrogen-bond donors (Lipinski definition) is 1. The van der Waals surface area contributed by atoms with Crippen molar-refractivity contribution < 1.29 is 17.2 Å². The third-order valence-corrected chi connectivity index (χ3v) is 5.42. The molecule has 0 saturated heterocycles. The molecule has 26 heavy (non-hydrogen) atoms. The van der Waals surface area contributed by atoms with Crippen molar-refractivity contribution in [1.29, 1.82) is 0 Å². The van der Waals surface area contributed by atoms with Crippen molar-refractivity contribution in [3.8, 4) is 11.1 Å². The summed E-state index contributed by atoms with van der Waals surface area (Å²) < 4.78 is 54.3. The highest BCUT2D eigenvalue weighted by molar-refractivity contribution is 7.92. The lowest BCUT2D eigenvalue weighted by Gasteiger charge is -2.10. The number of hydrogen-bond acceptors (Lipinski definition) is 2. The number of anilines is 1. The fourth-order valence-electron chi connectivity index (χ4n) is 2.56. The second kappa shape index (κ2) is 7.25. The monoisotopic (exact) mass is 373 g/mol. The lowest BCUT2D eigenvalue weighted by Crippen LogP contribution is -2.12. The zero-order chi connectivity index (χ0) is 18.7. The summed E-state index contributed by atoms with van der Waals surface area (Å²) in [7, 11) is -3.75. The largest absolute Gasteiger partial charge is 0.280 e. The first-order chi connectivity index (χ1) is 12.4. The molecule has 0 aliphatic carbocycles. The molecule has 0 aliphatic heterocycles. The van der Waals surface area contributed by atoms with Crippen molar-refractivity contribution in [2.45, 2.75) is 18.2 Å². The van der Waals surface area contributed by atoms with Crippen LogP contribution in [0.1, 0.15) is 12.5 Å². The quantitative estimate of drug-likeness (QED) is 0.684. The summed E-state index contributed by atoms with van der Waals surface area (Å²) in [4.78, 5) is 0.0586. The van der Waals surface area contributed by atoms with Crippen LogP contribution >= 0.6 is 0 Å². The number of sulfonamides is 1. The summed E-state index contributed by atoms with van der Waals surface area (Å²) in [5.74, 6) is -1.36. The Balaban J connectivity index is 1.84. The summed E-state index contributed by atoms with van der Waals surface area (Å²) >= 11 is 0. The molecule has 3 aromatic rings. The van der Waals surface area contributed by atoms with E-state index in [4.69, 9.17) is 0 Å². The molecule has 3 nitrogen and oxygen atoms in total. The van der Waals surface area contributed by atoms with Gasteiger partial charge in [-0.1, -0.05) is 31.2 Å². The molecule has 0 aliphatic rings. The van der Waals surface area contributed by atoms with Crippen LogP contribution in [0, 0.1) is 11.6 Å². The Morgan fingerprint density at radius 1 is 0.885 bits per heavy atom. The maximum Gasteiger partial charge on any atom is 0.261 e. The number of halogens is 2. The molecule has 0 bridgehead atoms. The van der Waals surface area contributed by atoms with E-state index in [9.17, 15) is 17.2 Å². The summed E-state index contributed by atoms with van der Waals surface area (Å²) in [6.45, 7) is 2.02. The zero-order valence-electron chi connectivity index (χ0n) is 14.0. The van der Waals surface area contributed by atoms with Crippen molar-refractivity contribution in [3.05, 3.63) is 83.9 Å². The van der Waals surface area contributed by atoms with Gasteiger partial charge in [0.1, 0.15) is 11.6 Å². The van der Waals surface area contributed by atoms with Gasteiger partial charge in [-0.15, -0.1) is 0 Å². The summed E-state index contributed by atoms with van der Waals surface area (Å²) in [5, 5.41) is 0. The molecule has 0 radical (unpaired) electrons. The highest BCUT2D eigenvalue weighted by Crippen LogP contribution is 2.25. The van der Waals surface area contributed by atoms with E-state index in [0.717, 1.165) is 24.1 Å². The predicted molar refractivity (Wildman–Crippen MR) is 98.4 cm³/mol. The van der Waals surface area contributed by atoms with Gasteiger partial charge in [0.25, 0.3) is 10.0 Å². The maximum atomic E-state index is 13.8. The van der Waals surface area contributed by atoms with Gasteiger partial charge in [-0.2, -0.15) is 0 Å². The first-order valence-electron chi connectivity index (χ1n) is 8.06. The van der Waals surface area contributed by atoms with Crippen LogP contribution in [0.15, 0.2) is 71.6 Å². The Morgan fingerprint density at radius 2 is 1.54 bits per heavy atom. The number of benzene rings is 3. The van der Waals surface area contributed by atoms with E-state index in [-0.39, 0.29) is 10.5 Å². The molecule has 6 heteroatoms. The summed E-state index contributed by atoms with van der Waals surface area (Å²) in [5.41, 5.74) is 2.25. The fraction of sp³-hybridized carbons (Fsp3) is 0.100. The first kappa shape index (κ1) is 18.1. The van der Waals surface area contributed by atoms with Crippen molar-refractivity contribution in [2.24, 2.45) is 0 Å². The SMILES string of the molecule is CCc1ccc(NS(=O)(=O)c2ccc(-c3ccc(F)cc3F)cc2)cc1. The minimum Gasteiger partial charge on any atom is -0.280 e. The molecule has 134 valence electrons. The molecular weight excluding hydrogens is 356 g/mol. The highest BCUT2D eigenvalue weighted by Gasteiger charge is 2.15. The minimum atomic E-state index is -3.75. The minimum absolute atomic E-state index is 0.0586. The van der Waals surface area contributed by atoms with E-state index >= 15 is 0 Å². The van der Waals surface area contributed by atoms with Crippen LogP contribution < -0.4 is 4.72 Å². The third kappa shape index (κ3) is 3.91. The molecule has 0 amide bonds. The second-order valence-corrected chi connectivity index (χ2v) is 7.49. The summed E-state index contributed by atoms with van der Waals surface area (Å²) in [6, 6.07) is 16.2. The van der Waals surface area contributed by atoms with Crippen LogP contribution in [-0.2, 0) is 16.4 Å². The van der Waals surface area contributed by atoms with Crippen LogP contribution in [0.25, 0.3) is 11.1 Å². The predicted octanol–water partition coefficient (Wildman–Crippen LogP) is 5.00. The number of rotatable bonds is 5. The zero-order valence-corrected chi connectivity index (χ0v) is 14.9. The number of nitrogens with one attached hydrogen (secondary N) is 1. The Bertz CT molecular complexity index is 1010. The molecule has 3 rings (SSSR count). The highest BCUT2D eigenvalue weighted by atomic mass is 32.2. The van der Waals surface area contributed by atoms with Crippen LogP contribution in [0.2, 0.25) is 0 Å². The summed E-state index contributed by atoms with van der Waals surface area (Å²) in [6.07, 6.45) is 0.869. The molecule has 0 fully saturated rings. The van der Waals surface area contributed by atoms with Gasteiger partial charge < -0.3 is 0 Å². The van der Waals surface area contributed by atoms with Crippen LogP contribution in [0.4, 0.5) is 14.5 Å². The van der Waals surface area contributed by atoms with E-state index in [1.165, 1.54) is 30.3 Å². The normalized spacial score (nSPS) is 11.3. The molecule has 0 spiro atoms. The van der Waals surface area contributed by atoms with Gasteiger partial charge in [-0.25, -0.2) is 17.2 Å². The van der Waals surface area contributed by atoms with Crippen LogP contribution in [0.3, 0.4) is 0 Å². The average molecular weight is 373 g/mol. The topological polar surface area (TPSA) is 46.2 Å². The molecule has 3 aromatic carbocycles. The first-order valence-corrected chi connectivity index (χ1v) is 9.54. The van der Waals surface area contributed by atoms with Crippen molar-refractivity contribution in [1.82, 2.24) is 0 Å². The van der Waals surface area contributed by atoms with Gasteiger partial charge >= 0.3 is 0 Å². The van der Waals surface area contributed by atoms with E-state index < -0.39 is 21.7 Å². The van der Waals surface area contributed by atoms with E-state index in [1.807, 2.05) is 19.1 Å². The lowest BCUT2D eigenvalue weighted by atomic mass is 10.1. The standard InChI is InChI=1S/C20H17F2NO2S/c1-2-14-3-8-17(9-4-14)23-26(24,25)18-10-5-15(6-11-18)19-12-7-16(21)13-20(19)22/h3-13,23H,2H2,1H3. The smallest absolute Gasteiger partial charge is 0.261 e. The number of aryl methyl sites for hydroxylation is 1. The molecule has 0 unspecified atom stereocenters. The van der Waals surface area contributed by atoms with Gasteiger partial charge in [0.05, 0.1) is 4.90 Å². The van der Waals surface area contributed by atoms with Crippen molar-refractivity contribution >= 4 is 15.7 Å². The molecule has 0 atom stereocenters. The molecule has 0 heterocycles. The van der Waals surface area contributed by atoms with Crippen molar-refractivity contribution in [3.63, 3.8) is 0 Å². The van der Waals surface area contributed by atoms with Gasteiger partial charge in [0.15, 0.2) is 0 Å². The Labute approximate surface area is 151 Å². The molecular formula is C20H17F2NO2S. The fourth-order valence-corrected chi connectivity index (χ4v) is 3.62. The Morgan fingerprint density at radius 3 is 2.12 bits per heavy atom. The molecule has 0 aromatic heterocycles. The van der Waals surface area contributed by atoms with Gasteiger partial charge in [-0.05, 0) is 53.9 Å². The lowest BCUT2D eigenvalue weighted by molar-refractivity contribution is 0.585. The second-order valence-electron chi connectivity index (χ2n) is 5.80. The Kier molecular flexibility index (Phi) is 5.04. The maximum absolute atomic E-state index is 13.8. The van der Waals surface area contributed by atoms with Gasteiger partial charge in [-0.3, -0.25) is 4.72 Å². The van der Waals surface area contributed by atoms with Gasteiger partial charge in [0.2, 0.25) is 0 Å². The Hall–Kier alpha value is -2.73. The van der Waals surface area contributed by atoms with Crippen LogP contribution in [0.5, 0.6) is 0 Å². The van der Waals surface area contributed by atoms with Crippen LogP contribution in [-0.4, -0.2) is 8.42 Å². The van der Waals surface area contributed by atoms with E-state index in [0.29, 0.717) is 11.3 Å². The van der Waals surface area contributed by atoms with Gasteiger partial charge in [0, 0.05) is 17.3 Å².